The number of carbonyl (C=O) groups excluding carboxylic acids is 1. The third kappa shape index (κ3) is 4.47. The van der Waals surface area contributed by atoms with Crippen LogP contribution in [0.4, 0.5) is 0 Å². The van der Waals surface area contributed by atoms with Crippen molar-refractivity contribution in [2.45, 2.75) is 44.2 Å². The Hall–Kier alpha value is -1.14. The van der Waals surface area contributed by atoms with Crippen molar-refractivity contribution >= 4 is 11.9 Å². The molecule has 1 aliphatic heterocycles. The topological polar surface area (TPSA) is 78.9 Å². The average Bonchev–Trinajstić information content (AvgIpc) is 2.83. The number of aliphatic carboxylic acids is 1. The summed E-state index contributed by atoms with van der Waals surface area (Å²) in [7, 11) is 0. The number of morpholine rings is 1. The summed E-state index contributed by atoms with van der Waals surface area (Å²) in [5.74, 6) is -0.846. The lowest BCUT2D eigenvalue weighted by Crippen LogP contribution is -2.51. The summed E-state index contributed by atoms with van der Waals surface area (Å²) in [5.41, 5.74) is 0. The van der Waals surface area contributed by atoms with Gasteiger partial charge in [-0.2, -0.15) is 0 Å². The van der Waals surface area contributed by atoms with Gasteiger partial charge in [0.1, 0.15) is 0 Å². The van der Waals surface area contributed by atoms with Crippen LogP contribution >= 0.6 is 0 Å². The van der Waals surface area contributed by atoms with Gasteiger partial charge in [0.25, 0.3) is 0 Å². The quantitative estimate of drug-likeness (QED) is 0.747. The minimum absolute atomic E-state index is 0.00388. The Labute approximate surface area is 113 Å². The molecule has 6 nitrogen and oxygen atoms in total. The summed E-state index contributed by atoms with van der Waals surface area (Å²) in [6.07, 6.45) is 4.52. The Balaban J connectivity index is 1.80. The minimum Gasteiger partial charge on any atom is -0.481 e. The molecule has 2 fully saturated rings. The van der Waals surface area contributed by atoms with Gasteiger partial charge in [-0.3, -0.25) is 14.5 Å². The number of hydrogen-bond acceptors (Lipinski definition) is 4. The van der Waals surface area contributed by atoms with Crippen molar-refractivity contribution in [1.82, 2.24) is 10.2 Å². The molecule has 1 unspecified atom stereocenters. The third-order valence-electron chi connectivity index (χ3n) is 3.83. The normalized spacial score (nSPS) is 25.4. The zero-order valence-corrected chi connectivity index (χ0v) is 11.1. The van der Waals surface area contributed by atoms with Crippen molar-refractivity contribution in [1.29, 1.82) is 0 Å². The summed E-state index contributed by atoms with van der Waals surface area (Å²) in [6.45, 7) is 1.85. The van der Waals surface area contributed by atoms with Crippen LogP contribution in [0.1, 0.15) is 32.1 Å². The first-order valence-corrected chi connectivity index (χ1v) is 6.98. The van der Waals surface area contributed by atoms with Crippen molar-refractivity contribution in [3.63, 3.8) is 0 Å². The van der Waals surface area contributed by atoms with Crippen molar-refractivity contribution in [2.24, 2.45) is 0 Å². The zero-order valence-electron chi connectivity index (χ0n) is 11.1. The Morgan fingerprint density at radius 1 is 1.32 bits per heavy atom. The molecule has 0 aromatic heterocycles. The van der Waals surface area contributed by atoms with Crippen LogP contribution in [0, 0.1) is 0 Å². The number of ether oxygens (including phenoxy) is 1. The van der Waals surface area contributed by atoms with Gasteiger partial charge in [-0.15, -0.1) is 0 Å². The molecule has 2 rings (SSSR count). The summed E-state index contributed by atoms with van der Waals surface area (Å²) in [5, 5.41) is 11.9. The molecule has 19 heavy (non-hydrogen) atoms. The Morgan fingerprint density at radius 2 is 2.05 bits per heavy atom. The fraction of sp³-hybridized carbons (Fsp3) is 0.846. The Bertz CT molecular complexity index is 329. The molecule has 0 bridgehead atoms. The third-order valence-corrected chi connectivity index (χ3v) is 3.83. The highest BCUT2D eigenvalue weighted by atomic mass is 16.5. The van der Waals surface area contributed by atoms with E-state index in [9.17, 15) is 9.59 Å². The molecule has 6 heteroatoms. The number of rotatable bonds is 5. The van der Waals surface area contributed by atoms with Gasteiger partial charge in [0.15, 0.2) is 0 Å². The van der Waals surface area contributed by atoms with Crippen LogP contribution in [0.2, 0.25) is 0 Å². The number of hydrogen-bond donors (Lipinski definition) is 2. The van der Waals surface area contributed by atoms with Gasteiger partial charge in [0.05, 0.1) is 26.2 Å². The van der Waals surface area contributed by atoms with E-state index in [1.807, 2.05) is 4.90 Å². The second kappa shape index (κ2) is 6.86. The van der Waals surface area contributed by atoms with Crippen molar-refractivity contribution in [3.05, 3.63) is 0 Å². The zero-order chi connectivity index (χ0) is 13.7. The number of carboxylic acid groups (broad SMARTS) is 1. The Morgan fingerprint density at radius 3 is 2.74 bits per heavy atom. The maximum atomic E-state index is 12.0. The highest BCUT2D eigenvalue weighted by Crippen LogP contribution is 2.17. The first-order valence-electron chi connectivity index (χ1n) is 6.98. The standard InChI is InChI=1S/C13H22N2O4/c16-12(14-10-3-1-2-4-10)8-15-5-6-19-9-11(15)7-13(17)18/h10-11H,1-9H2,(H,14,16)(H,17,18). The molecule has 1 atom stereocenters. The first-order chi connectivity index (χ1) is 9.15. The van der Waals surface area contributed by atoms with Crippen LogP contribution in [0.25, 0.3) is 0 Å². The van der Waals surface area contributed by atoms with E-state index < -0.39 is 5.97 Å². The molecule has 0 aromatic rings. The second-order valence-electron chi connectivity index (χ2n) is 5.35. The molecular formula is C13H22N2O4. The summed E-state index contributed by atoms with van der Waals surface area (Å²) in [4.78, 5) is 24.7. The van der Waals surface area contributed by atoms with E-state index in [4.69, 9.17) is 9.84 Å². The van der Waals surface area contributed by atoms with Crippen LogP contribution in [0.5, 0.6) is 0 Å². The van der Waals surface area contributed by atoms with Gasteiger partial charge in [0.2, 0.25) is 5.91 Å². The molecule has 2 aliphatic rings. The molecule has 1 aliphatic carbocycles. The lowest BCUT2D eigenvalue weighted by Gasteiger charge is -2.34. The predicted molar refractivity (Wildman–Crippen MR) is 68.8 cm³/mol. The summed E-state index contributed by atoms with van der Waals surface area (Å²) < 4.78 is 5.29. The van der Waals surface area contributed by atoms with E-state index in [1.54, 1.807) is 0 Å². The van der Waals surface area contributed by atoms with Gasteiger partial charge in [-0.1, -0.05) is 12.8 Å². The molecule has 0 aromatic carbocycles. The number of amides is 1. The predicted octanol–water partition coefficient (Wildman–Crippen LogP) is 0.221. The van der Waals surface area contributed by atoms with Crippen LogP contribution in [-0.4, -0.2) is 60.3 Å². The minimum atomic E-state index is -0.850. The van der Waals surface area contributed by atoms with Crippen LogP contribution < -0.4 is 5.32 Å². The highest BCUT2D eigenvalue weighted by Gasteiger charge is 2.27. The van der Waals surface area contributed by atoms with E-state index in [1.165, 1.54) is 12.8 Å². The largest absolute Gasteiger partial charge is 0.481 e. The second-order valence-corrected chi connectivity index (χ2v) is 5.35. The monoisotopic (exact) mass is 270 g/mol. The molecule has 1 saturated heterocycles. The van der Waals surface area contributed by atoms with Gasteiger partial charge in [0, 0.05) is 18.6 Å². The van der Waals surface area contributed by atoms with Gasteiger partial charge >= 0.3 is 5.97 Å². The van der Waals surface area contributed by atoms with Crippen molar-refractivity contribution < 1.29 is 19.4 Å². The maximum absolute atomic E-state index is 12.0. The summed E-state index contributed by atoms with van der Waals surface area (Å²) in [6, 6.07) is 0.118. The van der Waals surface area contributed by atoms with E-state index in [0.717, 1.165) is 12.8 Å². The highest BCUT2D eigenvalue weighted by molar-refractivity contribution is 5.78. The molecule has 0 spiro atoms. The smallest absolute Gasteiger partial charge is 0.305 e. The number of nitrogens with one attached hydrogen (secondary N) is 1. The van der Waals surface area contributed by atoms with E-state index in [-0.39, 0.29) is 24.9 Å². The van der Waals surface area contributed by atoms with Crippen LogP contribution in [-0.2, 0) is 14.3 Å². The molecule has 108 valence electrons. The van der Waals surface area contributed by atoms with E-state index >= 15 is 0 Å². The molecular weight excluding hydrogens is 248 g/mol. The van der Waals surface area contributed by atoms with Crippen LogP contribution in [0.3, 0.4) is 0 Å². The number of carbonyl (C=O) groups is 2. The first kappa shape index (κ1) is 14.3. The SMILES string of the molecule is O=C(O)CC1COCCN1CC(=O)NC1CCCC1. The molecule has 0 radical (unpaired) electrons. The van der Waals surface area contributed by atoms with E-state index in [0.29, 0.717) is 25.8 Å². The van der Waals surface area contributed by atoms with Gasteiger partial charge in [-0.25, -0.2) is 0 Å². The van der Waals surface area contributed by atoms with Gasteiger partial charge in [-0.05, 0) is 12.8 Å². The molecule has 1 saturated carbocycles. The number of carboxylic acids is 1. The molecule has 2 N–H and O–H groups in total. The van der Waals surface area contributed by atoms with Gasteiger partial charge < -0.3 is 15.2 Å². The van der Waals surface area contributed by atoms with E-state index in [2.05, 4.69) is 5.32 Å². The molecule has 1 amide bonds. The fourth-order valence-electron chi connectivity index (χ4n) is 2.81. The van der Waals surface area contributed by atoms with Crippen LogP contribution in [0.15, 0.2) is 0 Å². The number of nitrogens with zero attached hydrogens (tertiary/aromatic N) is 1. The summed E-state index contributed by atoms with van der Waals surface area (Å²) >= 11 is 0. The Kier molecular flexibility index (Phi) is 5.15. The fourth-order valence-corrected chi connectivity index (χ4v) is 2.81. The maximum Gasteiger partial charge on any atom is 0.305 e. The average molecular weight is 270 g/mol. The van der Waals surface area contributed by atoms with Crippen molar-refractivity contribution in [2.75, 3.05) is 26.3 Å². The lowest BCUT2D eigenvalue weighted by atomic mass is 10.1. The molecule has 1 heterocycles. The lowest BCUT2D eigenvalue weighted by molar-refractivity contribution is -0.141. The van der Waals surface area contributed by atoms with Crippen molar-refractivity contribution in [3.8, 4) is 0 Å².